The lowest BCUT2D eigenvalue weighted by Crippen LogP contribution is -2.00. The summed E-state index contributed by atoms with van der Waals surface area (Å²) in [6.07, 6.45) is 1.00. The van der Waals surface area contributed by atoms with Crippen molar-refractivity contribution in [3.8, 4) is 11.1 Å². The molecule has 2 nitrogen and oxygen atoms in total. The van der Waals surface area contributed by atoms with E-state index in [1.807, 2.05) is 0 Å². The molecule has 0 N–H and O–H groups in total. The van der Waals surface area contributed by atoms with Gasteiger partial charge < -0.3 is 0 Å². The van der Waals surface area contributed by atoms with Crippen LogP contribution in [0.25, 0.3) is 11.1 Å². The molecular weight excluding hydrogens is 433 g/mol. The van der Waals surface area contributed by atoms with Crippen LogP contribution in [0.2, 0.25) is 30.1 Å². The fourth-order valence-electron chi connectivity index (χ4n) is 1.81. The van der Waals surface area contributed by atoms with Crippen LogP contribution in [-0.2, 0) is 9.84 Å². The molecule has 0 saturated heterocycles. The topological polar surface area (TPSA) is 34.1 Å². The molecule has 0 unspecified atom stereocenters. The smallest absolute Gasteiger partial charge is 0.177 e. The maximum Gasteiger partial charge on any atom is 0.177 e. The number of hydrogen-bond acceptors (Lipinski definition) is 2. The summed E-state index contributed by atoms with van der Waals surface area (Å²) in [6, 6.07) is 4.30. The third-order valence-corrected chi connectivity index (χ3v) is 6.54. The summed E-state index contributed by atoms with van der Waals surface area (Å²) in [6.45, 7) is 0. The first-order chi connectivity index (χ1) is 10.1. The Hall–Kier alpha value is 0.130. The number of halogens is 6. The maximum atomic E-state index is 11.9. The molecule has 9 heteroatoms. The molecule has 22 heavy (non-hydrogen) atoms. The highest BCUT2D eigenvalue weighted by Gasteiger charge is 2.24. The Morgan fingerprint density at radius 3 is 1.86 bits per heavy atom. The third-order valence-electron chi connectivity index (χ3n) is 2.83. The standard InChI is InChI=1S/C13H6Cl6O2S/c1-22(20,21)8-4-5(10(16)13(19)12(8)18)9-6(14)2-3-7(15)11(9)17/h2-4H,1H3. The first kappa shape index (κ1) is 18.5. The van der Waals surface area contributed by atoms with Crippen molar-refractivity contribution in [2.75, 3.05) is 6.26 Å². The summed E-state index contributed by atoms with van der Waals surface area (Å²) in [5.41, 5.74) is 0.512. The molecule has 0 radical (unpaired) electrons. The Bertz CT molecular complexity index is 877. The second kappa shape index (κ2) is 6.56. The van der Waals surface area contributed by atoms with Crippen LogP contribution in [0.1, 0.15) is 0 Å². The highest BCUT2D eigenvalue weighted by molar-refractivity contribution is 7.90. The Balaban J connectivity index is 2.95. The first-order valence-electron chi connectivity index (χ1n) is 5.57. The number of hydrogen-bond donors (Lipinski definition) is 0. The van der Waals surface area contributed by atoms with Gasteiger partial charge in [-0.2, -0.15) is 0 Å². The van der Waals surface area contributed by atoms with Crippen molar-refractivity contribution in [3.05, 3.63) is 48.3 Å². The number of sulfone groups is 1. The van der Waals surface area contributed by atoms with Crippen molar-refractivity contribution in [1.29, 1.82) is 0 Å². The second-order valence-electron chi connectivity index (χ2n) is 4.35. The van der Waals surface area contributed by atoms with E-state index < -0.39 is 9.84 Å². The van der Waals surface area contributed by atoms with Crippen molar-refractivity contribution in [1.82, 2.24) is 0 Å². The van der Waals surface area contributed by atoms with Crippen molar-refractivity contribution in [2.45, 2.75) is 4.90 Å². The molecule has 0 aliphatic heterocycles. The lowest BCUT2D eigenvalue weighted by Gasteiger charge is -2.14. The fourth-order valence-corrected chi connectivity index (χ4v) is 4.42. The van der Waals surface area contributed by atoms with Gasteiger partial charge in [0.25, 0.3) is 0 Å². The SMILES string of the molecule is CS(=O)(=O)c1cc(-c2c(Cl)ccc(Cl)c2Cl)c(Cl)c(Cl)c1Cl. The predicted octanol–water partition coefficient (Wildman–Crippen LogP) is 6.68. The van der Waals surface area contributed by atoms with Crippen LogP contribution in [0.4, 0.5) is 0 Å². The monoisotopic (exact) mass is 436 g/mol. The van der Waals surface area contributed by atoms with Crippen LogP contribution in [0, 0.1) is 0 Å². The molecule has 2 aromatic carbocycles. The minimum atomic E-state index is -3.63. The number of rotatable bonds is 2. The molecule has 2 rings (SSSR count). The summed E-state index contributed by atoms with van der Waals surface area (Å²) >= 11 is 36.5. The average molecular weight is 439 g/mol. The maximum absolute atomic E-state index is 11.9. The lowest BCUT2D eigenvalue weighted by atomic mass is 10.1. The third kappa shape index (κ3) is 3.32. The molecule has 0 aromatic heterocycles. The van der Waals surface area contributed by atoms with Crippen molar-refractivity contribution in [2.24, 2.45) is 0 Å². The van der Waals surface area contributed by atoms with Crippen LogP contribution in [-0.4, -0.2) is 14.7 Å². The molecule has 0 aliphatic carbocycles. The fraction of sp³-hybridized carbons (Fsp3) is 0.0769. The molecule has 2 aromatic rings. The van der Waals surface area contributed by atoms with Crippen LogP contribution in [0.15, 0.2) is 23.1 Å². The zero-order chi connectivity index (χ0) is 16.8. The molecule has 0 amide bonds. The molecule has 0 bridgehead atoms. The van der Waals surface area contributed by atoms with Gasteiger partial charge in [0, 0.05) is 17.4 Å². The van der Waals surface area contributed by atoms with Gasteiger partial charge in [0.15, 0.2) is 9.84 Å². The Morgan fingerprint density at radius 1 is 0.773 bits per heavy atom. The highest BCUT2D eigenvalue weighted by atomic mass is 35.5. The van der Waals surface area contributed by atoms with Gasteiger partial charge in [0.05, 0.1) is 35.0 Å². The summed E-state index contributed by atoms with van der Waals surface area (Å²) in [5, 5.41) is 0.387. The first-order valence-corrected chi connectivity index (χ1v) is 9.73. The summed E-state index contributed by atoms with van der Waals surface area (Å²) in [7, 11) is -3.63. The minimum absolute atomic E-state index is 0.0325. The summed E-state index contributed by atoms with van der Waals surface area (Å²) in [4.78, 5) is -0.175. The van der Waals surface area contributed by atoms with E-state index in [-0.39, 0.29) is 46.2 Å². The van der Waals surface area contributed by atoms with Gasteiger partial charge in [-0.25, -0.2) is 8.42 Å². The van der Waals surface area contributed by atoms with Gasteiger partial charge in [0.1, 0.15) is 0 Å². The molecule has 0 heterocycles. The van der Waals surface area contributed by atoms with Gasteiger partial charge >= 0.3 is 0 Å². The van der Waals surface area contributed by atoms with Gasteiger partial charge in [-0.3, -0.25) is 0 Å². The molecule has 0 spiro atoms. The van der Waals surface area contributed by atoms with E-state index in [1.165, 1.54) is 18.2 Å². The molecule has 0 atom stereocenters. The Morgan fingerprint density at radius 2 is 1.32 bits per heavy atom. The summed E-state index contributed by atoms with van der Waals surface area (Å²) in [5.74, 6) is 0. The Labute approximate surface area is 157 Å². The predicted molar refractivity (Wildman–Crippen MR) is 95.0 cm³/mol. The van der Waals surface area contributed by atoms with Crippen molar-refractivity contribution in [3.63, 3.8) is 0 Å². The van der Waals surface area contributed by atoms with E-state index in [0.717, 1.165) is 6.26 Å². The second-order valence-corrected chi connectivity index (χ2v) is 8.66. The minimum Gasteiger partial charge on any atom is -0.224 e. The van der Waals surface area contributed by atoms with Gasteiger partial charge in [-0.1, -0.05) is 69.6 Å². The van der Waals surface area contributed by atoms with Crippen LogP contribution in [0.5, 0.6) is 0 Å². The lowest BCUT2D eigenvalue weighted by molar-refractivity contribution is 0.602. The molecule has 0 fully saturated rings. The highest BCUT2D eigenvalue weighted by Crippen LogP contribution is 2.47. The van der Waals surface area contributed by atoms with E-state index in [2.05, 4.69) is 0 Å². The molecule has 0 aliphatic rings. The Kier molecular flexibility index (Phi) is 5.51. The van der Waals surface area contributed by atoms with Crippen LogP contribution >= 0.6 is 69.6 Å². The van der Waals surface area contributed by atoms with E-state index in [0.29, 0.717) is 0 Å². The van der Waals surface area contributed by atoms with E-state index in [1.54, 1.807) is 0 Å². The quantitative estimate of drug-likeness (QED) is 0.387. The van der Waals surface area contributed by atoms with E-state index >= 15 is 0 Å². The van der Waals surface area contributed by atoms with E-state index in [4.69, 9.17) is 69.6 Å². The summed E-state index contributed by atoms with van der Waals surface area (Å²) < 4.78 is 23.7. The molecule has 118 valence electrons. The average Bonchev–Trinajstić information content (AvgIpc) is 2.41. The van der Waals surface area contributed by atoms with Gasteiger partial charge in [-0.15, -0.1) is 0 Å². The van der Waals surface area contributed by atoms with E-state index in [9.17, 15) is 8.42 Å². The number of benzene rings is 2. The van der Waals surface area contributed by atoms with Crippen LogP contribution < -0.4 is 0 Å². The van der Waals surface area contributed by atoms with Gasteiger partial charge in [0.2, 0.25) is 0 Å². The normalized spacial score (nSPS) is 11.8. The van der Waals surface area contributed by atoms with Crippen LogP contribution in [0.3, 0.4) is 0 Å². The van der Waals surface area contributed by atoms with Crippen molar-refractivity contribution < 1.29 is 8.42 Å². The molecule has 0 saturated carbocycles. The van der Waals surface area contributed by atoms with Crippen molar-refractivity contribution >= 4 is 79.4 Å². The molecular formula is C13H6Cl6O2S. The zero-order valence-electron chi connectivity index (χ0n) is 10.7. The van der Waals surface area contributed by atoms with Gasteiger partial charge in [-0.05, 0) is 18.2 Å². The largest absolute Gasteiger partial charge is 0.224 e. The zero-order valence-corrected chi connectivity index (χ0v) is 16.1.